The first-order valence-corrected chi connectivity index (χ1v) is 12.0. The summed E-state index contributed by atoms with van der Waals surface area (Å²) in [6.07, 6.45) is 0. The van der Waals surface area contributed by atoms with E-state index in [-0.39, 0.29) is 34.8 Å². The number of thioether (sulfide) groups is 1. The highest BCUT2D eigenvalue weighted by Gasteiger charge is 2.21. The number of H-pyrrole nitrogens is 1. The number of nitrogen functional groups attached to an aromatic ring is 1. The number of aromatic nitrogens is 5. The Hall–Kier alpha value is -4.05. The zero-order valence-corrected chi connectivity index (χ0v) is 20.1. The van der Waals surface area contributed by atoms with Crippen molar-refractivity contribution >= 4 is 23.4 Å². The zero-order chi connectivity index (χ0) is 24.9. The average molecular weight is 489 g/mol. The summed E-state index contributed by atoms with van der Waals surface area (Å²) >= 11 is 1.05. The van der Waals surface area contributed by atoms with Gasteiger partial charge in [-0.25, -0.2) is 9.78 Å². The number of nitrogens with zero attached hydrogens (tertiary/aromatic N) is 4. The number of nitrogens with two attached hydrogens (primary N) is 1. The lowest BCUT2D eigenvalue weighted by Crippen LogP contribution is -2.37. The van der Waals surface area contributed by atoms with Crippen molar-refractivity contribution in [3.8, 4) is 22.5 Å². The van der Waals surface area contributed by atoms with Gasteiger partial charge in [0.15, 0.2) is 5.78 Å². The fourth-order valence-electron chi connectivity index (χ4n) is 3.57. The summed E-state index contributed by atoms with van der Waals surface area (Å²) in [5.74, 6) is -0.713. The molecule has 2 aromatic carbocycles. The second-order valence-corrected chi connectivity index (χ2v) is 9.20. The van der Waals surface area contributed by atoms with E-state index >= 15 is 0 Å². The standard InChI is InChI=1S/C25H24N6O3S/c1-15(2)13-31-22(26)19(23(33)28-25(31)34)18(32)14-35-24-27-20(16-9-5-3-6-10-16)21(29-30-24)17-11-7-4-8-12-17/h3-12,15H,13-14,26H2,1-2H3,(H,28,33,34). The van der Waals surface area contributed by atoms with Crippen molar-refractivity contribution in [2.45, 2.75) is 25.5 Å². The van der Waals surface area contributed by atoms with Crippen LogP contribution >= 0.6 is 11.8 Å². The lowest BCUT2D eigenvalue weighted by Gasteiger charge is -2.13. The fourth-order valence-corrected chi connectivity index (χ4v) is 4.22. The highest BCUT2D eigenvalue weighted by molar-refractivity contribution is 7.99. The second kappa shape index (κ2) is 10.5. The number of rotatable bonds is 8. The SMILES string of the molecule is CC(C)Cn1c(N)c(C(=O)CSc2nnc(-c3ccccc3)c(-c3ccccc3)n2)c(=O)[nH]c1=O. The Morgan fingerprint density at radius 3 is 2.17 bits per heavy atom. The summed E-state index contributed by atoms with van der Waals surface area (Å²) in [5, 5.41) is 8.87. The molecule has 2 aromatic heterocycles. The van der Waals surface area contributed by atoms with Crippen LogP contribution in [0.1, 0.15) is 24.2 Å². The van der Waals surface area contributed by atoms with Crippen molar-refractivity contribution in [3.63, 3.8) is 0 Å². The van der Waals surface area contributed by atoms with Gasteiger partial charge in [0.2, 0.25) is 5.16 Å². The molecule has 0 spiro atoms. The third-order valence-corrected chi connectivity index (χ3v) is 6.00. The van der Waals surface area contributed by atoms with Gasteiger partial charge in [-0.05, 0) is 5.92 Å². The molecule has 0 radical (unpaired) electrons. The molecule has 0 saturated carbocycles. The van der Waals surface area contributed by atoms with Crippen molar-refractivity contribution in [2.24, 2.45) is 5.92 Å². The molecule has 178 valence electrons. The number of nitrogens with one attached hydrogen (secondary N) is 1. The molecule has 4 aromatic rings. The number of ketones is 1. The minimum Gasteiger partial charge on any atom is -0.384 e. The molecule has 35 heavy (non-hydrogen) atoms. The number of anilines is 1. The molecular formula is C25H24N6O3S. The summed E-state index contributed by atoms with van der Waals surface area (Å²) in [4.78, 5) is 44.3. The molecule has 0 aliphatic rings. The van der Waals surface area contributed by atoms with Crippen LogP contribution in [0.3, 0.4) is 0 Å². The van der Waals surface area contributed by atoms with Crippen LogP contribution in [-0.2, 0) is 6.54 Å². The molecule has 0 aliphatic carbocycles. The molecule has 0 bridgehead atoms. The molecule has 0 amide bonds. The largest absolute Gasteiger partial charge is 0.384 e. The lowest BCUT2D eigenvalue weighted by molar-refractivity contribution is 0.102. The molecule has 0 aliphatic heterocycles. The number of benzene rings is 2. The molecule has 3 N–H and O–H groups in total. The van der Waals surface area contributed by atoms with Crippen LogP contribution in [0.5, 0.6) is 0 Å². The Kier molecular flexibility index (Phi) is 7.21. The van der Waals surface area contributed by atoms with Crippen LogP contribution < -0.4 is 17.0 Å². The van der Waals surface area contributed by atoms with E-state index in [9.17, 15) is 14.4 Å². The molecule has 9 nitrogen and oxygen atoms in total. The average Bonchev–Trinajstić information content (AvgIpc) is 2.86. The minimum absolute atomic E-state index is 0.0947. The molecule has 0 saturated heterocycles. The maximum atomic E-state index is 12.9. The van der Waals surface area contributed by atoms with Crippen LogP contribution in [-0.4, -0.2) is 36.3 Å². The first-order valence-electron chi connectivity index (χ1n) is 11.0. The van der Waals surface area contributed by atoms with Crippen molar-refractivity contribution in [3.05, 3.63) is 87.1 Å². The number of carbonyl (C=O) groups excluding carboxylic acids is 1. The highest BCUT2D eigenvalue weighted by Crippen LogP contribution is 2.29. The third-order valence-electron chi connectivity index (χ3n) is 5.16. The topological polar surface area (TPSA) is 137 Å². The Morgan fingerprint density at radius 2 is 1.57 bits per heavy atom. The van der Waals surface area contributed by atoms with Crippen molar-refractivity contribution in [2.75, 3.05) is 11.5 Å². The van der Waals surface area contributed by atoms with Gasteiger partial charge in [-0.2, -0.15) is 0 Å². The second-order valence-electron chi connectivity index (χ2n) is 8.26. The van der Waals surface area contributed by atoms with Crippen molar-refractivity contribution in [1.29, 1.82) is 0 Å². The Bertz CT molecular complexity index is 1470. The predicted octanol–water partition coefficient (Wildman–Crippen LogP) is 3.27. The third kappa shape index (κ3) is 5.38. The number of carbonyl (C=O) groups is 1. The van der Waals surface area contributed by atoms with Crippen LogP contribution in [0.15, 0.2) is 75.4 Å². The Labute approximate surface area is 205 Å². The van der Waals surface area contributed by atoms with Gasteiger partial charge in [-0.1, -0.05) is 86.3 Å². The lowest BCUT2D eigenvalue weighted by atomic mass is 10.0. The maximum absolute atomic E-state index is 12.9. The molecule has 2 heterocycles. The molecule has 0 unspecified atom stereocenters. The Balaban J connectivity index is 1.64. The van der Waals surface area contributed by atoms with Crippen molar-refractivity contribution < 1.29 is 4.79 Å². The summed E-state index contributed by atoms with van der Waals surface area (Å²) in [6.45, 7) is 4.09. The van der Waals surface area contributed by atoms with Gasteiger partial charge in [-0.3, -0.25) is 19.1 Å². The summed E-state index contributed by atoms with van der Waals surface area (Å²) in [7, 11) is 0. The quantitative estimate of drug-likeness (QED) is 0.285. The van der Waals surface area contributed by atoms with Crippen LogP contribution in [0.25, 0.3) is 22.5 Å². The van der Waals surface area contributed by atoms with Gasteiger partial charge in [0.05, 0.1) is 5.75 Å². The maximum Gasteiger partial charge on any atom is 0.329 e. The number of hydrogen-bond acceptors (Lipinski definition) is 8. The number of Topliss-reactive ketones (excluding diaryl/α,β-unsaturated/α-hetero) is 1. The van der Waals surface area contributed by atoms with Crippen LogP contribution in [0.2, 0.25) is 0 Å². The normalized spacial score (nSPS) is 11.1. The summed E-state index contributed by atoms with van der Waals surface area (Å²) in [6, 6.07) is 19.2. The Morgan fingerprint density at radius 1 is 0.971 bits per heavy atom. The van der Waals surface area contributed by atoms with E-state index in [1.807, 2.05) is 74.5 Å². The van der Waals surface area contributed by atoms with E-state index in [4.69, 9.17) is 5.73 Å². The van der Waals surface area contributed by atoms with E-state index in [2.05, 4.69) is 20.2 Å². The highest BCUT2D eigenvalue weighted by atomic mass is 32.2. The van der Waals surface area contributed by atoms with Gasteiger partial charge in [0, 0.05) is 17.7 Å². The van der Waals surface area contributed by atoms with E-state index in [1.54, 1.807) is 0 Å². The molecule has 10 heteroatoms. The minimum atomic E-state index is -0.804. The van der Waals surface area contributed by atoms with E-state index in [0.29, 0.717) is 11.4 Å². The zero-order valence-electron chi connectivity index (χ0n) is 19.3. The monoisotopic (exact) mass is 488 g/mol. The smallest absolute Gasteiger partial charge is 0.329 e. The van der Waals surface area contributed by atoms with Gasteiger partial charge >= 0.3 is 5.69 Å². The van der Waals surface area contributed by atoms with E-state index in [0.717, 1.165) is 22.9 Å². The molecular weight excluding hydrogens is 464 g/mol. The van der Waals surface area contributed by atoms with Gasteiger partial charge in [0.25, 0.3) is 5.56 Å². The number of aromatic amines is 1. The van der Waals surface area contributed by atoms with E-state index < -0.39 is 17.0 Å². The van der Waals surface area contributed by atoms with Crippen LogP contribution in [0.4, 0.5) is 5.82 Å². The van der Waals surface area contributed by atoms with Crippen LogP contribution in [0, 0.1) is 5.92 Å². The summed E-state index contributed by atoms with van der Waals surface area (Å²) in [5.41, 5.74) is 7.35. The van der Waals surface area contributed by atoms with Crippen molar-refractivity contribution in [1.82, 2.24) is 24.7 Å². The van der Waals surface area contributed by atoms with Gasteiger partial charge in [-0.15, -0.1) is 10.2 Å². The van der Waals surface area contributed by atoms with Gasteiger partial charge in [0.1, 0.15) is 22.8 Å². The predicted molar refractivity (Wildman–Crippen MR) is 136 cm³/mol. The molecule has 4 rings (SSSR count). The fraction of sp³-hybridized carbons (Fsp3) is 0.200. The molecule has 0 atom stereocenters. The first-order chi connectivity index (χ1) is 16.8. The van der Waals surface area contributed by atoms with E-state index in [1.165, 1.54) is 4.57 Å². The number of hydrogen-bond donors (Lipinski definition) is 2. The first kappa shape index (κ1) is 24.1. The summed E-state index contributed by atoms with van der Waals surface area (Å²) < 4.78 is 1.21. The van der Waals surface area contributed by atoms with Gasteiger partial charge < -0.3 is 5.73 Å². The molecule has 0 fully saturated rings.